The van der Waals surface area contributed by atoms with Gasteiger partial charge in [0.05, 0.1) is 0 Å². The van der Waals surface area contributed by atoms with Crippen molar-refractivity contribution in [3.05, 3.63) is 53.6 Å². The molecule has 1 aromatic heterocycles. The molecule has 0 spiro atoms. The number of aromatic nitrogens is 2. The van der Waals surface area contributed by atoms with Crippen LogP contribution in [0.5, 0.6) is 0 Å². The molecular formula is C23H32N4O2. The third-order valence-electron chi connectivity index (χ3n) is 6.21. The van der Waals surface area contributed by atoms with Gasteiger partial charge in [-0.05, 0) is 44.1 Å². The molecule has 4 rings (SSSR count). The van der Waals surface area contributed by atoms with Gasteiger partial charge in [-0.15, -0.1) is 0 Å². The fourth-order valence-corrected chi connectivity index (χ4v) is 4.54. The van der Waals surface area contributed by atoms with Gasteiger partial charge in [-0.2, -0.15) is 0 Å². The number of imidazole rings is 1. The van der Waals surface area contributed by atoms with E-state index in [0.29, 0.717) is 18.4 Å². The zero-order valence-corrected chi connectivity index (χ0v) is 17.3. The first-order valence-corrected chi connectivity index (χ1v) is 10.9. The second-order valence-electron chi connectivity index (χ2n) is 8.35. The molecule has 29 heavy (non-hydrogen) atoms. The van der Waals surface area contributed by atoms with Crippen molar-refractivity contribution < 1.29 is 9.53 Å². The Morgan fingerprint density at radius 1 is 1.21 bits per heavy atom. The molecular weight excluding hydrogens is 364 g/mol. The molecule has 2 saturated heterocycles. The van der Waals surface area contributed by atoms with Gasteiger partial charge < -0.3 is 19.5 Å². The summed E-state index contributed by atoms with van der Waals surface area (Å²) in [7, 11) is 0. The molecule has 2 fully saturated rings. The quantitative estimate of drug-likeness (QED) is 0.838. The second-order valence-corrected chi connectivity index (χ2v) is 8.35. The number of piperidine rings is 1. The number of carbonyl (C=O) groups is 1. The highest BCUT2D eigenvalue weighted by molar-refractivity contribution is 5.74. The van der Waals surface area contributed by atoms with E-state index in [1.54, 1.807) is 0 Å². The van der Waals surface area contributed by atoms with Crippen LogP contribution in [0.2, 0.25) is 0 Å². The number of rotatable bonds is 5. The van der Waals surface area contributed by atoms with Crippen LogP contribution in [0.25, 0.3) is 0 Å². The van der Waals surface area contributed by atoms with Crippen molar-refractivity contribution in [3.8, 4) is 0 Å². The second kappa shape index (κ2) is 9.44. The molecule has 2 amide bonds. The Morgan fingerprint density at radius 3 is 2.79 bits per heavy atom. The zero-order chi connectivity index (χ0) is 20.1. The van der Waals surface area contributed by atoms with Gasteiger partial charge >= 0.3 is 6.03 Å². The van der Waals surface area contributed by atoms with Crippen LogP contribution in [0.4, 0.5) is 4.79 Å². The topological polar surface area (TPSA) is 59.4 Å². The van der Waals surface area contributed by atoms with E-state index in [4.69, 9.17) is 9.72 Å². The van der Waals surface area contributed by atoms with Gasteiger partial charge in [0, 0.05) is 57.2 Å². The first-order chi connectivity index (χ1) is 14.2. The maximum atomic E-state index is 12.7. The maximum Gasteiger partial charge on any atom is 0.317 e. The van der Waals surface area contributed by atoms with Crippen LogP contribution in [-0.2, 0) is 17.8 Å². The fraction of sp³-hybridized carbons (Fsp3) is 0.565. The molecule has 1 aromatic carbocycles. The van der Waals surface area contributed by atoms with E-state index < -0.39 is 0 Å². The van der Waals surface area contributed by atoms with Crippen molar-refractivity contribution in [2.45, 2.75) is 51.6 Å². The van der Waals surface area contributed by atoms with Crippen molar-refractivity contribution in [3.63, 3.8) is 0 Å². The average Bonchev–Trinajstić information content (AvgIpc) is 3.13. The van der Waals surface area contributed by atoms with E-state index >= 15 is 0 Å². The van der Waals surface area contributed by atoms with E-state index in [9.17, 15) is 4.79 Å². The van der Waals surface area contributed by atoms with Crippen LogP contribution in [0.1, 0.15) is 48.7 Å². The highest BCUT2D eigenvalue weighted by atomic mass is 16.5. The molecule has 3 heterocycles. The number of carbonyl (C=O) groups excluding carboxylic acids is 1. The molecule has 1 atom stereocenters. The summed E-state index contributed by atoms with van der Waals surface area (Å²) in [5.74, 6) is 2.17. The molecule has 2 aliphatic rings. The normalized spacial score (nSPS) is 20.6. The van der Waals surface area contributed by atoms with Gasteiger partial charge in [-0.1, -0.05) is 30.3 Å². The Labute approximate surface area is 173 Å². The number of ether oxygens (including phenoxy) is 1. The minimum atomic E-state index is 0.0468. The van der Waals surface area contributed by atoms with Gasteiger partial charge in [0.1, 0.15) is 5.82 Å². The van der Waals surface area contributed by atoms with Crippen LogP contribution in [-0.4, -0.2) is 46.8 Å². The number of aryl methyl sites for hydroxylation is 1. The molecule has 0 aliphatic carbocycles. The summed E-state index contributed by atoms with van der Waals surface area (Å²) in [5.41, 5.74) is 2.35. The standard InChI is InChI=1S/C23H32N4O2/c1-18-14-24-22(21-9-12-29-13-10-21)27(18)17-20-8-5-11-26(16-20)23(28)25-15-19-6-3-2-4-7-19/h2-4,6-7,14,20-21H,5,8-13,15-17H2,1H3,(H,25,28). The SMILES string of the molecule is Cc1cnc(C2CCOCC2)n1CC1CCCN(C(=O)NCc2ccccc2)C1. The van der Waals surface area contributed by atoms with Gasteiger partial charge in [0.25, 0.3) is 0 Å². The summed E-state index contributed by atoms with van der Waals surface area (Å²) in [6.07, 6.45) is 6.32. The molecule has 1 unspecified atom stereocenters. The Bertz CT molecular complexity index is 798. The molecule has 0 saturated carbocycles. The van der Waals surface area contributed by atoms with Gasteiger partial charge in [0.2, 0.25) is 0 Å². The summed E-state index contributed by atoms with van der Waals surface area (Å²) in [6.45, 7) is 6.97. The molecule has 0 bridgehead atoms. The van der Waals surface area contributed by atoms with Gasteiger partial charge in [0.15, 0.2) is 0 Å². The highest BCUT2D eigenvalue weighted by Gasteiger charge is 2.27. The molecule has 1 N–H and O–H groups in total. The predicted molar refractivity (Wildman–Crippen MR) is 113 cm³/mol. The smallest absolute Gasteiger partial charge is 0.317 e. The zero-order valence-electron chi connectivity index (χ0n) is 17.3. The van der Waals surface area contributed by atoms with Crippen molar-refractivity contribution in [1.29, 1.82) is 0 Å². The number of amides is 2. The Hall–Kier alpha value is -2.34. The lowest BCUT2D eigenvalue weighted by Gasteiger charge is -2.34. The molecule has 6 nitrogen and oxygen atoms in total. The van der Waals surface area contributed by atoms with E-state index in [0.717, 1.165) is 64.1 Å². The van der Waals surface area contributed by atoms with Crippen molar-refractivity contribution >= 4 is 6.03 Å². The number of likely N-dealkylation sites (tertiary alicyclic amines) is 1. The highest BCUT2D eigenvalue weighted by Crippen LogP contribution is 2.28. The van der Waals surface area contributed by atoms with Crippen LogP contribution >= 0.6 is 0 Å². The Balaban J connectivity index is 1.35. The number of hydrogen-bond donors (Lipinski definition) is 1. The lowest BCUT2D eigenvalue weighted by atomic mass is 9.96. The van der Waals surface area contributed by atoms with Gasteiger partial charge in [-0.25, -0.2) is 9.78 Å². The van der Waals surface area contributed by atoms with Crippen molar-refractivity contribution in [2.24, 2.45) is 5.92 Å². The molecule has 156 valence electrons. The summed E-state index contributed by atoms with van der Waals surface area (Å²) in [4.78, 5) is 19.4. The molecule has 0 radical (unpaired) electrons. The van der Waals surface area contributed by atoms with E-state index in [2.05, 4.69) is 16.8 Å². The van der Waals surface area contributed by atoms with Gasteiger partial charge in [-0.3, -0.25) is 0 Å². The largest absolute Gasteiger partial charge is 0.381 e. The van der Waals surface area contributed by atoms with Crippen molar-refractivity contribution in [2.75, 3.05) is 26.3 Å². The van der Waals surface area contributed by atoms with Crippen LogP contribution < -0.4 is 5.32 Å². The third-order valence-corrected chi connectivity index (χ3v) is 6.21. The summed E-state index contributed by atoms with van der Waals surface area (Å²) < 4.78 is 7.92. The Kier molecular flexibility index (Phi) is 6.49. The van der Waals surface area contributed by atoms with E-state index in [-0.39, 0.29) is 6.03 Å². The molecule has 2 aromatic rings. The molecule has 2 aliphatic heterocycles. The summed E-state index contributed by atoms with van der Waals surface area (Å²) in [6, 6.07) is 10.1. The Morgan fingerprint density at radius 2 is 2.00 bits per heavy atom. The van der Waals surface area contributed by atoms with E-state index in [1.165, 1.54) is 11.5 Å². The number of nitrogens with zero attached hydrogens (tertiary/aromatic N) is 3. The van der Waals surface area contributed by atoms with Crippen LogP contribution in [0.15, 0.2) is 36.5 Å². The monoisotopic (exact) mass is 396 g/mol. The minimum Gasteiger partial charge on any atom is -0.381 e. The number of nitrogens with one attached hydrogen (secondary N) is 1. The number of urea groups is 1. The van der Waals surface area contributed by atoms with Crippen LogP contribution in [0, 0.1) is 12.8 Å². The summed E-state index contributed by atoms with van der Waals surface area (Å²) in [5, 5.41) is 3.08. The number of hydrogen-bond acceptors (Lipinski definition) is 3. The number of benzene rings is 1. The van der Waals surface area contributed by atoms with Crippen LogP contribution in [0.3, 0.4) is 0 Å². The minimum absolute atomic E-state index is 0.0468. The average molecular weight is 397 g/mol. The third kappa shape index (κ3) is 4.99. The van der Waals surface area contributed by atoms with Crippen molar-refractivity contribution in [1.82, 2.24) is 19.8 Å². The lowest BCUT2D eigenvalue weighted by Crippen LogP contribution is -2.46. The maximum absolute atomic E-state index is 12.7. The fourth-order valence-electron chi connectivity index (χ4n) is 4.54. The molecule has 6 heteroatoms. The lowest BCUT2D eigenvalue weighted by molar-refractivity contribution is 0.0822. The predicted octanol–water partition coefficient (Wildman–Crippen LogP) is 3.71. The summed E-state index contributed by atoms with van der Waals surface area (Å²) >= 11 is 0. The first kappa shape index (κ1) is 20.0. The first-order valence-electron chi connectivity index (χ1n) is 10.9. The van der Waals surface area contributed by atoms with E-state index in [1.807, 2.05) is 41.4 Å².